The molecule has 114 valence electrons. The molecule has 0 aromatic carbocycles. The van der Waals surface area contributed by atoms with Gasteiger partial charge in [0.2, 0.25) is 0 Å². The Morgan fingerprint density at radius 2 is 1.42 bits per heavy atom. The summed E-state index contributed by atoms with van der Waals surface area (Å²) in [6, 6.07) is 0.830. The topological polar surface area (TPSA) is 3.24 Å². The first kappa shape index (κ1) is 17.4. The number of hydrogen-bond donors (Lipinski definition) is 1. The first-order valence-corrected chi connectivity index (χ1v) is 9.18. The van der Waals surface area contributed by atoms with Crippen molar-refractivity contribution < 1.29 is 0 Å². The molecule has 0 aromatic heterocycles. The van der Waals surface area contributed by atoms with Crippen molar-refractivity contribution in [1.29, 1.82) is 0 Å². The SMILES string of the molecule is CC1CCCCCC(N(C)CCCS)CCCCC1. The summed E-state index contributed by atoms with van der Waals surface area (Å²) in [5.41, 5.74) is 0. The Hall–Kier alpha value is 0.310. The third kappa shape index (κ3) is 8.24. The Morgan fingerprint density at radius 3 is 1.95 bits per heavy atom. The van der Waals surface area contributed by atoms with Gasteiger partial charge in [-0.1, -0.05) is 58.3 Å². The minimum Gasteiger partial charge on any atom is -0.303 e. The zero-order valence-electron chi connectivity index (χ0n) is 13.2. The van der Waals surface area contributed by atoms with Crippen LogP contribution in [0.15, 0.2) is 0 Å². The van der Waals surface area contributed by atoms with E-state index in [1.54, 1.807) is 0 Å². The third-order valence-electron chi connectivity index (χ3n) is 4.76. The number of rotatable bonds is 4. The molecular formula is C17H35NS. The van der Waals surface area contributed by atoms with Gasteiger partial charge in [-0.2, -0.15) is 12.6 Å². The van der Waals surface area contributed by atoms with E-state index in [0.29, 0.717) is 0 Å². The molecule has 0 unspecified atom stereocenters. The van der Waals surface area contributed by atoms with Crippen LogP contribution in [0.5, 0.6) is 0 Å². The molecular weight excluding hydrogens is 250 g/mol. The Bertz CT molecular complexity index is 193. The van der Waals surface area contributed by atoms with Gasteiger partial charge in [-0.3, -0.25) is 0 Å². The molecule has 1 fully saturated rings. The van der Waals surface area contributed by atoms with Crippen LogP contribution >= 0.6 is 12.6 Å². The molecule has 0 aliphatic heterocycles. The van der Waals surface area contributed by atoms with Gasteiger partial charge >= 0.3 is 0 Å². The molecule has 0 spiro atoms. The maximum absolute atomic E-state index is 4.34. The van der Waals surface area contributed by atoms with Crippen molar-refractivity contribution in [3.63, 3.8) is 0 Å². The highest BCUT2D eigenvalue weighted by Gasteiger charge is 2.14. The predicted octanol–water partition coefficient (Wildman–Crippen LogP) is 5.16. The lowest BCUT2D eigenvalue weighted by atomic mass is 9.93. The highest BCUT2D eigenvalue weighted by atomic mass is 32.1. The molecule has 19 heavy (non-hydrogen) atoms. The van der Waals surface area contributed by atoms with E-state index in [1.807, 2.05) is 0 Å². The molecule has 0 heterocycles. The fourth-order valence-electron chi connectivity index (χ4n) is 3.33. The van der Waals surface area contributed by atoms with Gasteiger partial charge in [-0.05, 0) is 44.5 Å². The molecule has 0 amide bonds. The van der Waals surface area contributed by atoms with E-state index >= 15 is 0 Å². The van der Waals surface area contributed by atoms with Crippen molar-refractivity contribution in [2.24, 2.45) is 5.92 Å². The smallest absolute Gasteiger partial charge is 0.00922 e. The Labute approximate surface area is 126 Å². The Balaban J connectivity index is 2.34. The minimum atomic E-state index is 0.830. The first-order chi connectivity index (χ1) is 9.24. The van der Waals surface area contributed by atoms with Crippen LogP contribution in [0.25, 0.3) is 0 Å². The molecule has 0 aromatic rings. The number of hydrogen-bond acceptors (Lipinski definition) is 2. The van der Waals surface area contributed by atoms with Gasteiger partial charge in [0.05, 0.1) is 0 Å². The second-order valence-corrected chi connectivity index (χ2v) is 7.04. The fourth-order valence-corrected chi connectivity index (χ4v) is 3.47. The first-order valence-electron chi connectivity index (χ1n) is 8.55. The van der Waals surface area contributed by atoms with E-state index < -0.39 is 0 Å². The van der Waals surface area contributed by atoms with E-state index in [4.69, 9.17) is 0 Å². The van der Waals surface area contributed by atoms with Gasteiger partial charge in [0.25, 0.3) is 0 Å². The summed E-state index contributed by atoms with van der Waals surface area (Å²) in [4.78, 5) is 2.60. The standard InChI is InChI=1S/C17H35NS/c1-16-10-5-3-7-12-17(13-8-4-6-11-16)18(2)14-9-15-19/h16-17,19H,3-15H2,1-2H3. The zero-order valence-corrected chi connectivity index (χ0v) is 14.1. The average molecular weight is 286 g/mol. The summed E-state index contributed by atoms with van der Waals surface area (Å²) in [6.07, 6.45) is 15.6. The molecule has 1 aliphatic rings. The minimum absolute atomic E-state index is 0.830. The van der Waals surface area contributed by atoms with Gasteiger partial charge in [-0.15, -0.1) is 0 Å². The molecule has 1 aliphatic carbocycles. The van der Waals surface area contributed by atoms with E-state index in [9.17, 15) is 0 Å². The average Bonchev–Trinajstić information content (AvgIpc) is 2.39. The van der Waals surface area contributed by atoms with Crippen molar-refractivity contribution >= 4 is 12.6 Å². The predicted molar refractivity (Wildman–Crippen MR) is 90.2 cm³/mol. The van der Waals surface area contributed by atoms with Crippen molar-refractivity contribution in [2.45, 2.75) is 83.6 Å². The zero-order chi connectivity index (χ0) is 13.9. The molecule has 2 heteroatoms. The van der Waals surface area contributed by atoms with Crippen molar-refractivity contribution in [1.82, 2.24) is 4.90 Å². The molecule has 0 radical (unpaired) electrons. The van der Waals surface area contributed by atoms with Gasteiger partial charge in [0, 0.05) is 6.04 Å². The van der Waals surface area contributed by atoms with Crippen molar-refractivity contribution in [3.05, 3.63) is 0 Å². The van der Waals surface area contributed by atoms with Crippen LogP contribution in [0.1, 0.15) is 77.6 Å². The Morgan fingerprint density at radius 1 is 0.895 bits per heavy atom. The highest BCUT2D eigenvalue weighted by molar-refractivity contribution is 7.80. The van der Waals surface area contributed by atoms with Crippen LogP contribution in [-0.2, 0) is 0 Å². The molecule has 1 rings (SSSR count). The molecule has 0 N–H and O–H groups in total. The number of nitrogens with zero attached hydrogens (tertiary/aromatic N) is 1. The summed E-state index contributed by atoms with van der Waals surface area (Å²) in [7, 11) is 2.32. The summed E-state index contributed by atoms with van der Waals surface area (Å²) >= 11 is 4.34. The lowest BCUT2D eigenvalue weighted by molar-refractivity contribution is 0.208. The van der Waals surface area contributed by atoms with E-state index in [1.165, 1.54) is 77.2 Å². The van der Waals surface area contributed by atoms with E-state index in [-0.39, 0.29) is 0 Å². The van der Waals surface area contributed by atoms with Crippen LogP contribution in [0, 0.1) is 5.92 Å². The van der Waals surface area contributed by atoms with Crippen LogP contribution in [0.2, 0.25) is 0 Å². The van der Waals surface area contributed by atoms with Crippen LogP contribution in [0.4, 0.5) is 0 Å². The lowest BCUT2D eigenvalue weighted by Crippen LogP contribution is -2.32. The quantitative estimate of drug-likeness (QED) is 0.698. The van der Waals surface area contributed by atoms with E-state index in [2.05, 4.69) is 31.5 Å². The molecule has 1 nitrogen and oxygen atoms in total. The molecule has 0 saturated heterocycles. The Kier molecular flexibility index (Phi) is 10.1. The van der Waals surface area contributed by atoms with Gasteiger partial charge in [-0.25, -0.2) is 0 Å². The third-order valence-corrected chi connectivity index (χ3v) is 5.08. The van der Waals surface area contributed by atoms with Crippen molar-refractivity contribution in [3.8, 4) is 0 Å². The summed E-state index contributed by atoms with van der Waals surface area (Å²) in [6.45, 7) is 3.67. The summed E-state index contributed by atoms with van der Waals surface area (Å²) in [5.74, 6) is 1.99. The second kappa shape index (κ2) is 11.0. The van der Waals surface area contributed by atoms with Gasteiger partial charge < -0.3 is 4.90 Å². The maximum Gasteiger partial charge on any atom is 0.00922 e. The lowest BCUT2D eigenvalue weighted by Gasteiger charge is -2.28. The van der Waals surface area contributed by atoms with E-state index in [0.717, 1.165) is 17.7 Å². The van der Waals surface area contributed by atoms with Gasteiger partial charge in [0.15, 0.2) is 0 Å². The highest BCUT2D eigenvalue weighted by Crippen LogP contribution is 2.22. The van der Waals surface area contributed by atoms with Crippen molar-refractivity contribution in [2.75, 3.05) is 19.3 Å². The molecule has 0 atom stereocenters. The number of thiol groups is 1. The second-order valence-electron chi connectivity index (χ2n) is 6.59. The summed E-state index contributed by atoms with van der Waals surface area (Å²) < 4.78 is 0. The van der Waals surface area contributed by atoms with Gasteiger partial charge in [0.1, 0.15) is 0 Å². The molecule has 0 bridgehead atoms. The normalized spacial score (nSPS) is 27.8. The fraction of sp³-hybridized carbons (Fsp3) is 1.00. The monoisotopic (exact) mass is 285 g/mol. The van der Waals surface area contributed by atoms with Crippen LogP contribution < -0.4 is 0 Å². The van der Waals surface area contributed by atoms with Crippen LogP contribution in [0.3, 0.4) is 0 Å². The maximum atomic E-state index is 4.34. The largest absolute Gasteiger partial charge is 0.303 e. The molecule has 1 saturated carbocycles. The van der Waals surface area contributed by atoms with Crippen LogP contribution in [-0.4, -0.2) is 30.3 Å². The summed E-state index contributed by atoms with van der Waals surface area (Å²) in [5, 5.41) is 0.